The van der Waals surface area contributed by atoms with Gasteiger partial charge in [0.25, 0.3) is 11.8 Å². The fourth-order valence-corrected chi connectivity index (χ4v) is 5.19. The summed E-state index contributed by atoms with van der Waals surface area (Å²) in [7, 11) is 5.89. The molecule has 1 fully saturated rings. The molecule has 0 bridgehead atoms. The third-order valence-electron chi connectivity index (χ3n) is 6.77. The molecule has 34 heavy (non-hydrogen) atoms. The highest BCUT2D eigenvalue weighted by Gasteiger charge is 2.43. The number of hydrogen-bond donors (Lipinski definition) is 1. The number of carbonyl (C=O) groups is 2. The van der Waals surface area contributed by atoms with Gasteiger partial charge in [0.15, 0.2) is 11.4 Å². The molecule has 1 N–H and O–H groups in total. The van der Waals surface area contributed by atoms with E-state index in [-0.39, 0.29) is 23.5 Å². The number of aryl methyl sites for hydroxylation is 1. The van der Waals surface area contributed by atoms with Gasteiger partial charge in [-0.3, -0.25) is 24.1 Å². The van der Waals surface area contributed by atoms with E-state index in [4.69, 9.17) is 4.74 Å². The van der Waals surface area contributed by atoms with Crippen LogP contribution >= 0.6 is 9.24 Å². The van der Waals surface area contributed by atoms with Crippen molar-refractivity contribution >= 4 is 26.4 Å². The summed E-state index contributed by atoms with van der Waals surface area (Å²) >= 11 is 0. The molecule has 2 aliphatic rings. The normalized spacial score (nSPS) is 19.6. The lowest BCUT2D eigenvalue weighted by atomic mass is 10.0. The number of aromatic hydroxyl groups is 1. The number of aromatic nitrogens is 1. The Bertz CT molecular complexity index is 1200. The highest BCUT2D eigenvalue weighted by atomic mass is 31.0. The van der Waals surface area contributed by atoms with Crippen molar-refractivity contribution in [3.8, 4) is 5.75 Å². The smallest absolute Gasteiger partial charge is 0.278 e. The van der Waals surface area contributed by atoms with Gasteiger partial charge in [-0.25, -0.2) is 0 Å². The summed E-state index contributed by atoms with van der Waals surface area (Å²) in [5.41, 5.74) is 0.843. The van der Waals surface area contributed by atoms with Crippen LogP contribution in [0.3, 0.4) is 0 Å². The van der Waals surface area contributed by atoms with E-state index in [1.165, 1.54) is 15.8 Å². The molecule has 2 amide bonds. The van der Waals surface area contributed by atoms with Crippen LogP contribution in [0.1, 0.15) is 51.7 Å². The molecule has 1 unspecified atom stereocenters. The summed E-state index contributed by atoms with van der Waals surface area (Å²) < 4.78 is 7.03. The molecule has 1 aromatic carbocycles. The maximum Gasteiger partial charge on any atom is 0.278 e. The first kappa shape index (κ1) is 24.2. The molecule has 3 atom stereocenters. The number of carbonyl (C=O) groups excluding carboxylic acids is 2. The maximum atomic E-state index is 13.3. The monoisotopic (exact) mass is 486 g/mol. The van der Waals surface area contributed by atoms with Crippen LogP contribution in [-0.4, -0.2) is 70.9 Å². The number of hydrogen-bond acceptors (Lipinski definition) is 6. The standard InChI is InChI=1S/C24H31N4O5P/c1-5-26-19-9-7-16(33-4)12-27(19)28-13-18(21(29)22(30)20(28)24(26)32)23(31)25(3)11-15-6-8-17(34)10-14(15)2/h6,8,10,13,16,19,30H,5,7,9,11-12,34H2,1-4H3/t16-,19+/m1/s1. The van der Waals surface area contributed by atoms with Crippen LogP contribution in [0, 0.1) is 6.92 Å². The highest BCUT2D eigenvalue weighted by Crippen LogP contribution is 2.30. The summed E-state index contributed by atoms with van der Waals surface area (Å²) in [5.74, 6) is -1.65. The van der Waals surface area contributed by atoms with Gasteiger partial charge in [-0.05, 0) is 43.1 Å². The van der Waals surface area contributed by atoms with Gasteiger partial charge in [-0.15, -0.1) is 9.24 Å². The molecular weight excluding hydrogens is 455 g/mol. The van der Waals surface area contributed by atoms with E-state index in [2.05, 4.69) is 9.24 Å². The molecular formula is C24H31N4O5P. The minimum absolute atomic E-state index is 0.0675. The molecule has 0 spiro atoms. The summed E-state index contributed by atoms with van der Waals surface area (Å²) in [5, 5.41) is 13.7. The van der Waals surface area contributed by atoms with E-state index < -0.39 is 23.0 Å². The van der Waals surface area contributed by atoms with Crippen molar-refractivity contribution < 1.29 is 19.4 Å². The van der Waals surface area contributed by atoms with Crippen LogP contribution in [0.4, 0.5) is 0 Å². The van der Waals surface area contributed by atoms with Crippen molar-refractivity contribution in [2.75, 3.05) is 32.3 Å². The fourth-order valence-electron chi connectivity index (χ4n) is 4.84. The Balaban J connectivity index is 1.74. The molecule has 3 heterocycles. The number of nitrogens with zero attached hydrogens (tertiary/aromatic N) is 4. The zero-order valence-corrected chi connectivity index (χ0v) is 21.1. The average Bonchev–Trinajstić information content (AvgIpc) is 2.82. The topological polar surface area (TPSA) is 95.3 Å². The van der Waals surface area contributed by atoms with E-state index in [1.54, 1.807) is 19.1 Å². The van der Waals surface area contributed by atoms with Crippen molar-refractivity contribution in [3.63, 3.8) is 0 Å². The van der Waals surface area contributed by atoms with Crippen LogP contribution in [-0.2, 0) is 11.3 Å². The van der Waals surface area contributed by atoms with Gasteiger partial charge in [-0.2, -0.15) is 0 Å². The van der Waals surface area contributed by atoms with Gasteiger partial charge < -0.3 is 19.6 Å². The van der Waals surface area contributed by atoms with Gasteiger partial charge in [-0.1, -0.05) is 18.2 Å². The van der Waals surface area contributed by atoms with Crippen molar-refractivity contribution in [2.45, 2.75) is 45.5 Å². The minimum atomic E-state index is -0.844. The lowest BCUT2D eigenvalue weighted by Crippen LogP contribution is -2.65. The van der Waals surface area contributed by atoms with E-state index in [0.29, 0.717) is 26.1 Å². The molecule has 10 heteroatoms. The summed E-state index contributed by atoms with van der Waals surface area (Å²) in [6.45, 7) is 5.03. The molecule has 182 valence electrons. The second-order valence-corrected chi connectivity index (χ2v) is 9.56. The molecule has 2 aliphatic heterocycles. The number of pyridine rings is 1. The van der Waals surface area contributed by atoms with Gasteiger partial charge in [0.1, 0.15) is 11.7 Å². The molecule has 0 aliphatic carbocycles. The molecule has 0 radical (unpaired) electrons. The van der Waals surface area contributed by atoms with Crippen molar-refractivity contribution in [1.29, 1.82) is 0 Å². The third-order valence-corrected chi connectivity index (χ3v) is 7.13. The summed E-state index contributed by atoms with van der Waals surface area (Å²) in [4.78, 5) is 42.7. The van der Waals surface area contributed by atoms with E-state index in [0.717, 1.165) is 22.9 Å². The quantitative estimate of drug-likeness (QED) is 0.638. The SMILES string of the molecule is CCN1C(=O)c2c(O)c(=O)c(C(=O)N(C)Cc3ccc(P)cc3C)cn2N2C[C@H](OC)CC[C@@H]12. The van der Waals surface area contributed by atoms with Crippen molar-refractivity contribution in [1.82, 2.24) is 14.5 Å². The maximum absolute atomic E-state index is 13.3. The summed E-state index contributed by atoms with van der Waals surface area (Å²) in [6, 6.07) is 5.89. The van der Waals surface area contributed by atoms with Crippen molar-refractivity contribution in [3.05, 3.63) is 57.0 Å². The molecule has 9 nitrogen and oxygen atoms in total. The second kappa shape index (κ2) is 9.39. The van der Waals surface area contributed by atoms with E-state index in [9.17, 15) is 19.5 Å². The lowest BCUT2D eigenvalue weighted by Gasteiger charge is -2.50. The predicted octanol–water partition coefficient (Wildman–Crippen LogP) is 1.18. The Hall–Kier alpha value is -2.90. The van der Waals surface area contributed by atoms with Crippen molar-refractivity contribution in [2.24, 2.45) is 0 Å². The number of amides is 2. The first-order chi connectivity index (χ1) is 16.2. The first-order valence-corrected chi connectivity index (χ1v) is 11.9. The van der Waals surface area contributed by atoms with Crippen LogP contribution in [0.2, 0.25) is 0 Å². The zero-order valence-electron chi connectivity index (χ0n) is 19.9. The number of ether oxygens (including phenoxy) is 1. The van der Waals surface area contributed by atoms with Crippen LogP contribution < -0.4 is 15.7 Å². The molecule has 0 saturated carbocycles. The predicted molar refractivity (Wildman–Crippen MR) is 132 cm³/mol. The van der Waals surface area contributed by atoms with Crippen LogP contribution in [0.25, 0.3) is 0 Å². The molecule has 4 rings (SSSR count). The number of piperidine rings is 1. The molecule has 1 saturated heterocycles. The highest BCUT2D eigenvalue weighted by molar-refractivity contribution is 7.27. The third kappa shape index (κ3) is 4.07. The number of fused-ring (bicyclic) bond motifs is 3. The average molecular weight is 487 g/mol. The summed E-state index contributed by atoms with van der Waals surface area (Å²) in [6.07, 6.45) is 2.55. The largest absolute Gasteiger partial charge is 0.502 e. The Labute approximate surface area is 201 Å². The fraction of sp³-hybridized carbons (Fsp3) is 0.458. The van der Waals surface area contributed by atoms with Gasteiger partial charge in [0.05, 0.1) is 12.6 Å². The number of rotatable bonds is 5. The zero-order chi connectivity index (χ0) is 24.7. The Kier molecular flexibility index (Phi) is 6.69. The number of benzene rings is 1. The van der Waals surface area contributed by atoms with Crippen LogP contribution in [0.5, 0.6) is 5.75 Å². The lowest BCUT2D eigenvalue weighted by molar-refractivity contribution is 0.0255. The molecule has 1 aromatic heterocycles. The van der Waals surface area contributed by atoms with Crippen LogP contribution in [0.15, 0.2) is 29.2 Å². The van der Waals surface area contributed by atoms with Gasteiger partial charge in [0, 0.05) is 33.4 Å². The Morgan fingerprint density at radius 1 is 1.29 bits per heavy atom. The molecule has 2 aromatic rings. The van der Waals surface area contributed by atoms with Gasteiger partial charge >= 0.3 is 0 Å². The first-order valence-electron chi connectivity index (χ1n) is 11.4. The number of methoxy groups -OCH3 is 1. The Morgan fingerprint density at radius 3 is 2.68 bits per heavy atom. The second-order valence-electron chi connectivity index (χ2n) is 8.89. The van der Waals surface area contributed by atoms with Gasteiger partial charge in [0.2, 0.25) is 5.43 Å². The Morgan fingerprint density at radius 2 is 2.03 bits per heavy atom. The van der Waals surface area contributed by atoms with E-state index in [1.807, 2.05) is 37.1 Å². The van der Waals surface area contributed by atoms with E-state index >= 15 is 0 Å². The minimum Gasteiger partial charge on any atom is -0.502 e.